The zero-order chi connectivity index (χ0) is 22.3. The maximum Gasteiger partial charge on any atom is 0.200 e. The molecule has 0 spiro atoms. The largest absolute Gasteiger partial charge is 0.493 e. The molecule has 0 aliphatic rings. The van der Waals surface area contributed by atoms with Gasteiger partial charge in [-0.05, 0) is 36.4 Å². The second-order valence-corrected chi connectivity index (χ2v) is 7.23. The van der Waals surface area contributed by atoms with Crippen LogP contribution in [-0.2, 0) is 0 Å². The van der Waals surface area contributed by atoms with E-state index in [4.69, 9.17) is 18.6 Å². The third kappa shape index (κ3) is 4.85. The van der Waals surface area contributed by atoms with Gasteiger partial charge in [-0.15, -0.1) is 0 Å². The first kappa shape index (κ1) is 21.7. The minimum absolute atomic E-state index is 0.0516. The standard InChI is InChI=1S/C25H25NO6/c1-29-21-10-4-5-11-22(21)30-14-13-26-15-17(27)16-31-23-12-6-8-19-24(28)18-7-2-3-9-20(18)32-25(19)23/h2-12,17,26-27H,13-16H2,1H3. The van der Waals surface area contributed by atoms with Gasteiger partial charge in [-0.2, -0.15) is 0 Å². The summed E-state index contributed by atoms with van der Waals surface area (Å²) in [6.45, 7) is 1.35. The molecule has 7 nitrogen and oxygen atoms in total. The first-order chi connectivity index (χ1) is 15.7. The van der Waals surface area contributed by atoms with Crippen LogP contribution in [0.4, 0.5) is 0 Å². The SMILES string of the molecule is COc1ccccc1OCCNCC(O)COc1cccc2c(=O)c3ccccc3oc12. The highest BCUT2D eigenvalue weighted by atomic mass is 16.5. The molecular formula is C25H25NO6. The number of methoxy groups -OCH3 is 1. The van der Waals surface area contributed by atoms with Crippen LogP contribution < -0.4 is 25.0 Å². The summed E-state index contributed by atoms with van der Waals surface area (Å²) in [5, 5.41) is 14.4. The number of ether oxygens (including phenoxy) is 3. The van der Waals surface area contributed by atoms with Crippen LogP contribution in [0.2, 0.25) is 0 Å². The van der Waals surface area contributed by atoms with Crippen LogP contribution in [0.15, 0.2) is 75.9 Å². The molecule has 7 heteroatoms. The molecule has 0 saturated heterocycles. The van der Waals surface area contributed by atoms with Crippen LogP contribution in [0.5, 0.6) is 17.2 Å². The predicted molar refractivity (Wildman–Crippen MR) is 123 cm³/mol. The van der Waals surface area contributed by atoms with Crippen LogP contribution in [-0.4, -0.2) is 44.6 Å². The summed E-state index contributed by atoms with van der Waals surface area (Å²) in [6, 6.07) is 19.7. The molecule has 1 aromatic heterocycles. The fraction of sp³-hybridized carbons (Fsp3) is 0.240. The molecule has 1 unspecified atom stereocenters. The molecule has 4 rings (SSSR count). The number of para-hydroxylation sites is 4. The number of rotatable bonds is 10. The van der Waals surface area contributed by atoms with Gasteiger partial charge in [0.1, 0.15) is 24.9 Å². The van der Waals surface area contributed by atoms with E-state index in [1.54, 1.807) is 43.5 Å². The van der Waals surface area contributed by atoms with Crippen LogP contribution >= 0.6 is 0 Å². The van der Waals surface area contributed by atoms with E-state index < -0.39 is 6.10 Å². The maximum absolute atomic E-state index is 12.7. The topological polar surface area (TPSA) is 90.2 Å². The van der Waals surface area contributed by atoms with Crippen molar-refractivity contribution in [1.82, 2.24) is 5.32 Å². The molecule has 0 amide bonds. The predicted octanol–water partition coefficient (Wildman–Crippen LogP) is 3.36. The Kier molecular flexibility index (Phi) is 6.89. The normalized spacial score (nSPS) is 12.1. The molecule has 0 fully saturated rings. The summed E-state index contributed by atoms with van der Waals surface area (Å²) in [6.07, 6.45) is -0.747. The van der Waals surface area contributed by atoms with Crippen LogP contribution in [0.3, 0.4) is 0 Å². The fourth-order valence-corrected chi connectivity index (χ4v) is 3.40. The first-order valence-corrected chi connectivity index (χ1v) is 10.4. The molecule has 166 valence electrons. The molecule has 0 bridgehead atoms. The highest BCUT2D eigenvalue weighted by Gasteiger charge is 2.13. The molecule has 32 heavy (non-hydrogen) atoms. The van der Waals surface area contributed by atoms with E-state index in [1.165, 1.54) is 0 Å². The van der Waals surface area contributed by atoms with Crippen molar-refractivity contribution in [3.8, 4) is 17.2 Å². The monoisotopic (exact) mass is 435 g/mol. The first-order valence-electron chi connectivity index (χ1n) is 10.4. The van der Waals surface area contributed by atoms with Crippen molar-refractivity contribution in [3.05, 3.63) is 77.0 Å². The molecule has 1 atom stereocenters. The molecule has 1 heterocycles. The Labute approximate surface area is 185 Å². The number of aliphatic hydroxyl groups excluding tert-OH is 1. The van der Waals surface area contributed by atoms with Crippen molar-refractivity contribution >= 4 is 21.9 Å². The lowest BCUT2D eigenvalue weighted by Crippen LogP contribution is -2.33. The van der Waals surface area contributed by atoms with Crippen LogP contribution in [0.25, 0.3) is 21.9 Å². The number of hydrogen-bond donors (Lipinski definition) is 2. The second kappa shape index (κ2) is 10.2. The van der Waals surface area contributed by atoms with Gasteiger partial charge in [0.25, 0.3) is 0 Å². The summed E-state index contributed by atoms with van der Waals surface area (Å²) in [4.78, 5) is 12.7. The Balaban J connectivity index is 1.30. The minimum Gasteiger partial charge on any atom is -0.493 e. The van der Waals surface area contributed by atoms with Crippen molar-refractivity contribution in [2.24, 2.45) is 0 Å². The second-order valence-electron chi connectivity index (χ2n) is 7.23. The van der Waals surface area contributed by atoms with Crippen LogP contribution in [0, 0.1) is 0 Å². The highest BCUT2D eigenvalue weighted by Crippen LogP contribution is 2.27. The summed E-state index contributed by atoms with van der Waals surface area (Å²) in [5.74, 6) is 1.77. The van der Waals surface area contributed by atoms with Crippen LogP contribution in [0.1, 0.15) is 0 Å². The third-order valence-electron chi connectivity index (χ3n) is 4.98. The average molecular weight is 435 g/mol. The average Bonchev–Trinajstić information content (AvgIpc) is 2.83. The molecule has 0 radical (unpaired) electrons. The van der Waals surface area contributed by atoms with Gasteiger partial charge in [0.05, 0.1) is 17.9 Å². The zero-order valence-electron chi connectivity index (χ0n) is 17.7. The van der Waals surface area contributed by atoms with E-state index in [0.717, 1.165) is 0 Å². The van der Waals surface area contributed by atoms with Gasteiger partial charge in [0.15, 0.2) is 22.8 Å². The Morgan fingerprint density at radius 2 is 1.62 bits per heavy atom. The Bertz CT molecular complexity index is 1250. The lowest BCUT2D eigenvalue weighted by molar-refractivity contribution is 0.105. The van der Waals surface area contributed by atoms with E-state index in [0.29, 0.717) is 58.9 Å². The smallest absolute Gasteiger partial charge is 0.200 e. The number of benzene rings is 3. The van der Waals surface area contributed by atoms with Crippen molar-refractivity contribution in [2.75, 3.05) is 33.4 Å². The summed E-state index contributed by atoms with van der Waals surface area (Å²) in [5.41, 5.74) is 0.768. The molecule has 0 aliphatic carbocycles. The quantitative estimate of drug-likeness (QED) is 0.292. The van der Waals surface area contributed by atoms with E-state index >= 15 is 0 Å². The molecular weight excluding hydrogens is 410 g/mol. The van der Waals surface area contributed by atoms with Crippen molar-refractivity contribution in [3.63, 3.8) is 0 Å². The lowest BCUT2D eigenvalue weighted by Gasteiger charge is -2.15. The lowest BCUT2D eigenvalue weighted by atomic mass is 10.1. The van der Waals surface area contributed by atoms with Gasteiger partial charge in [-0.3, -0.25) is 4.79 Å². The summed E-state index contributed by atoms with van der Waals surface area (Å²) < 4.78 is 22.6. The van der Waals surface area contributed by atoms with Gasteiger partial charge in [-0.1, -0.05) is 30.3 Å². The molecule has 0 aliphatic heterocycles. The van der Waals surface area contributed by atoms with Gasteiger partial charge >= 0.3 is 0 Å². The molecule has 2 N–H and O–H groups in total. The van der Waals surface area contributed by atoms with E-state index in [9.17, 15) is 9.90 Å². The Morgan fingerprint density at radius 1 is 0.906 bits per heavy atom. The van der Waals surface area contributed by atoms with Gasteiger partial charge in [0.2, 0.25) is 5.43 Å². The fourth-order valence-electron chi connectivity index (χ4n) is 3.40. The summed E-state index contributed by atoms with van der Waals surface area (Å²) in [7, 11) is 1.60. The van der Waals surface area contributed by atoms with Gasteiger partial charge < -0.3 is 29.1 Å². The maximum atomic E-state index is 12.7. The molecule has 3 aromatic carbocycles. The van der Waals surface area contributed by atoms with Gasteiger partial charge in [0, 0.05) is 13.1 Å². The number of hydrogen-bond acceptors (Lipinski definition) is 7. The van der Waals surface area contributed by atoms with Crippen molar-refractivity contribution in [2.45, 2.75) is 6.10 Å². The van der Waals surface area contributed by atoms with E-state index in [1.807, 2.05) is 30.3 Å². The van der Waals surface area contributed by atoms with Crippen molar-refractivity contribution < 1.29 is 23.7 Å². The number of fused-ring (bicyclic) bond motifs is 2. The Hall–Kier alpha value is -3.55. The Morgan fingerprint density at radius 3 is 2.47 bits per heavy atom. The zero-order valence-corrected chi connectivity index (χ0v) is 17.7. The molecule has 4 aromatic rings. The number of aliphatic hydroxyl groups is 1. The minimum atomic E-state index is -0.747. The highest BCUT2D eigenvalue weighted by molar-refractivity contribution is 5.92. The number of nitrogens with one attached hydrogen (secondary N) is 1. The molecule has 0 saturated carbocycles. The van der Waals surface area contributed by atoms with Gasteiger partial charge in [-0.25, -0.2) is 0 Å². The van der Waals surface area contributed by atoms with E-state index in [2.05, 4.69) is 5.32 Å². The third-order valence-corrected chi connectivity index (χ3v) is 4.98. The summed E-state index contributed by atoms with van der Waals surface area (Å²) >= 11 is 0. The van der Waals surface area contributed by atoms with E-state index in [-0.39, 0.29) is 12.0 Å². The van der Waals surface area contributed by atoms with Crippen molar-refractivity contribution in [1.29, 1.82) is 0 Å².